The Labute approximate surface area is 252 Å². The smallest absolute Gasteiger partial charge is 0.490 e. The third-order valence-corrected chi connectivity index (χ3v) is 8.95. The molecule has 0 radical (unpaired) electrons. The SMILES string of the molecule is O=C(O)C(F)(F)F.O=C(OCCCN1CCOCC1)c1ccc(NS(=O)(=O)c2cc(-c3cccc(F)c3)c(Cl)s2)cc1O. The number of alkyl halides is 3. The first-order valence-corrected chi connectivity index (χ1v) is 15.0. The Balaban J connectivity index is 0.000000646. The third kappa shape index (κ3) is 10.1. The van der Waals surface area contributed by atoms with Crippen molar-refractivity contribution < 1.29 is 55.3 Å². The summed E-state index contributed by atoms with van der Waals surface area (Å²) in [5, 5.41) is 17.4. The number of thiophene rings is 1. The molecule has 1 aliphatic rings. The van der Waals surface area contributed by atoms with E-state index in [1.165, 1.54) is 36.4 Å². The van der Waals surface area contributed by atoms with Crippen LogP contribution in [0.25, 0.3) is 11.1 Å². The van der Waals surface area contributed by atoms with E-state index < -0.39 is 39.7 Å². The zero-order valence-electron chi connectivity index (χ0n) is 22.1. The van der Waals surface area contributed by atoms with Gasteiger partial charge in [-0.3, -0.25) is 9.62 Å². The summed E-state index contributed by atoms with van der Waals surface area (Å²) < 4.78 is 84.1. The van der Waals surface area contributed by atoms with E-state index >= 15 is 0 Å². The summed E-state index contributed by atoms with van der Waals surface area (Å²) in [6, 6.07) is 10.8. The molecule has 0 atom stereocenters. The van der Waals surface area contributed by atoms with Crippen molar-refractivity contribution in [3.8, 4) is 16.9 Å². The molecule has 2 heterocycles. The van der Waals surface area contributed by atoms with Gasteiger partial charge >= 0.3 is 18.1 Å². The van der Waals surface area contributed by atoms with Crippen molar-refractivity contribution >= 4 is 50.6 Å². The van der Waals surface area contributed by atoms with Crippen LogP contribution in [0.5, 0.6) is 5.75 Å². The quantitative estimate of drug-likeness (QED) is 0.159. The second-order valence-electron chi connectivity index (χ2n) is 8.85. The molecule has 1 fully saturated rings. The molecule has 0 spiro atoms. The molecule has 43 heavy (non-hydrogen) atoms. The van der Waals surface area contributed by atoms with Gasteiger partial charge in [-0.1, -0.05) is 23.7 Å². The second-order valence-corrected chi connectivity index (χ2v) is 12.4. The van der Waals surface area contributed by atoms with Gasteiger partial charge in [0.2, 0.25) is 0 Å². The van der Waals surface area contributed by atoms with E-state index in [1.54, 1.807) is 6.07 Å². The molecule has 234 valence electrons. The summed E-state index contributed by atoms with van der Waals surface area (Å²) in [6.45, 7) is 4.04. The number of hydrogen-bond acceptors (Lipinski definition) is 9. The number of anilines is 1. The van der Waals surface area contributed by atoms with E-state index in [4.69, 9.17) is 31.0 Å². The van der Waals surface area contributed by atoms with Crippen molar-refractivity contribution in [1.29, 1.82) is 0 Å². The van der Waals surface area contributed by atoms with Gasteiger partial charge in [0.1, 0.15) is 25.7 Å². The van der Waals surface area contributed by atoms with Gasteiger partial charge in [0.15, 0.2) is 0 Å². The van der Waals surface area contributed by atoms with Crippen LogP contribution in [-0.4, -0.2) is 81.1 Å². The minimum Gasteiger partial charge on any atom is -0.507 e. The Hall–Kier alpha value is -3.44. The van der Waals surface area contributed by atoms with Crippen LogP contribution < -0.4 is 4.72 Å². The lowest BCUT2D eigenvalue weighted by molar-refractivity contribution is -0.192. The minimum atomic E-state index is -5.08. The van der Waals surface area contributed by atoms with Gasteiger partial charge in [-0.2, -0.15) is 13.2 Å². The molecule has 4 rings (SSSR count). The highest BCUT2D eigenvalue weighted by Crippen LogP contribution is 2.38. The number of rotatable bonds is 9. The number of esters is 1. The fraction of sp³-hybridized carbons (Fsp3) is 0.308. The standard InChI is InChI=1S/C24H24ClFN2O6S2.C2HF3O2/c25-23-20(16-3-1-4-17(26)13-16)15-22(35-23)36(31,32)27-18-5-6-19(21(29)14-18)24(30)34-10-2-7-28-8-11-33-12-9-28;3-2(4,5)1(6)7/h1,3-6,13-15,27,29H,2,7-12H2;(H,6,7). The maximum atomic E-state index is 13.6. The van der Waals surface area contributed by atoms with E-state index in [0.29, 0.717) is 30.8 Å². The Bertz CT molecular complexity index is 1540. The molecule has 3 aromatic rings. The summed E-state index contributed by atoms with van der Waals surface area (Å²) in [4.78, 5) is 23.5. The number of carbonyl (C=O) groups is 2. The maximum Gasteiger partial charge on any atom is 0.490 e. The van der Waals surface area contributed by atoms with Crippen LogP contribution >= 0.6 is 22.9 Å². The molecule has 1 saturated heterocycles. The lowest BCUT2D eigenvalue weighted by Crippen LogP contribution is -2.37. The van der Waals surface area contributed by atoms with Crippen molar-refractivity contribution in [2.75, 3.05) is 44.2 Å². The molecule has 1 aliphatic heterocycles. The zero-order chi connectivity index (χ0) is 31.8. The van der Waals surface area contributed by atoms with E-state index in [0.717, 1.165) is 37.0 Å². The van der Waals surface area contributed by atoms with Crippen LogP contribution in [0.1, 0.15) is 16.8 Å². The molecule has 17 heteroatoms. The molecular weight excluding hydrogens is 644 g/mol. The van der Waals surface area contributed by atoms with Gasteiger partial charge in [-0.15, -0.1) is 11.3 Å². The highest BCUT2D eigenvalue weighted by molar-refractivity contribution is 7.94. The summed E-state index contributed by atoms with van der Waals surface area (Å²) in [5.41, 5.74) is 0.810. The topological polar surface area (TPSA) is 142 Å². The molecule has 0 aliphatic carbocycles. The van der Waals surface area contributed by atoms with Crippen molar-refractivity contribution in [2.24, 2.45) is 0 Å². The number of sulfonamides is 1. The highest BCUT2D eigenvalue weighted by Gasteiger charge is 2.38. The molecule has 0 amide bonds. The van der Waals surface area contributed by atoms with Crippen LogP contribution in [0, 0.1) is 5.82 Å². The second kappa shape index (κ2) is 14.8. The third-order valence-electron chi connectivity index (χ3n) is 5.73. The lowest BCUT2D eigenvalue weighted by atomic mass is 10.1. The van der Waals surface area contributed by atoms with Crippen molar-refractivity contribution in [3.05, 3.63) is 64.2 Å². The summed E-state index contributed by atoms with van der Waals surface area (Å²) in [6.07, 6.45) is -4.44. The monoisotopic (exact) mass is 668 g/mol. The number of carbonyl (C=O) groups excluding carboxylic acids is 1. The van der Waals surface area contributed by atoms with Crippen LogP contribution in [0.15, 0.2) is 52.7 Å². The number of carboxylic acid groups (broad SMARTS) is 1. The number of aromatic hydroxyl groups is 1. The highest BCUT2D eigenvalue weighted by atomic mass is 35.5. The lowest BCUT2D eigenvalue weighted by Gasteiger charge is -2.26. The Kier molecular flexibility index (Phi) is 11.7. The molecule has 0 bridgehead atoms. The largest absolute Gasteiger partial charge is 0.507 e. The number of nitrogens with one attached hydrogen (secondary N) is 1. The number of hydrogen-bond donors (Lipinski definition) is 3. The zero-order valence-corrected chi connectivity index (χ0v) is 24.5. The summed E-state index contributed by atoms with van der Waals surface area (Å²) >= 11 is 7.04. The van der Waals surface area contributed by atoms with Crippen LogP contribution in [-0.2, 0) is 24.3 Å². The van der Waals surface area contributed by atoms with Gasteiger partial charge in [-0.05, 0) is 42.3 Å². The molecule has 2 aromatic carbocycles. The molecule has 10 nitrogen and oxygen atoms in total. The average molecular weight is 669 g/mol. The Morgan fingerprint density at radius 2 is 1.79 bits per heavy atom. The van der Waals surface area contributed by atoms with E-state index in [-0.39, 0.29) is 26.4 Å². The van der Waals surface area contributed by atoms with Gasteiger partial charge in [0.05, 0.1) is 25.5 Å². The summed E-state index contributed by atoms with van der Waals surface area (Å²) in [7, 11) is -4.06. The molecule has 0 unspecified atom stereocenters. The average Bonchev–Trinajstić information content (AvgIpc) is 3.34. The Morgan fingerprint density at radius 3 is 2.40 bits per heavy atom. The van der Waals surface area contributed by atoms with Crippen LogP contribution in [0.3, 0.4) is 0 Å². The maximum absolute atomic E-state index is 13.6. The van der Waals surface area contributed by atoms with Crippen LogP contribution in [0.2, 0.25) is 4.34 Å². The minimum absolute atomic E-state index is 0.0493. The number of morpholine rings is 1. The molecule has 1 aromatic heterocycles. The molecule has 3 N–H and O–H groups in total. The Morgan fingerprint density at radius 1 is 1.12 bits per heavy atom. The van der Waals surface area contributed by atoms with E-state index in [2.05, 4.69) is 9.62 Å². The number of halogens is 5. The predicted octanol–water partition coefficient (Wildman–Crippen LogP) is 5.23. The number of nitrogens with zero attached hydrogens (tertiary/aromatic N) is 1. The number of aliphatic carboxylic acids is 1. The predicted molar refractivity (Wildman–Crippen MR) is 149 cm³/mol. The number of benzene rings is 2. The number of phenols is 1. The van der Waals surface area contributed by atoms with Crippen molar-refractivity contribution in [3.63, 3.8) is 0 Å². The fourth-order valence-electron chi connectivity index (χ4n) is 3.66. The summed E-state index contributed by atoms with van der Waals surface area (Å²) in [5.74, 6) is -4.34. The van der Waals surface area contributed by atoms with Gasteiger partial charge in [0.25, 0.3) is 10.0 Å². The molecule has 0 saturated carbocycles. The fourth-order valence-corrected chi connectivity index (χ4v) is 6.48. The van der Waals surface area contributed by atoms with Gasteiger partial charge in [-0.25, -0.2) is 22.4 Å². The van der Waals surface area contributed by atoms with Crippen LogP contribution in [0.4, 0.5) is 23.2 Å². The van der Waals surface area contributed by atoms with Crippen molar-refractivity contribution in [2.45, 2.75) is 16.8 Å². The first-order valence-electron chi connectivity index (χ1n) is 12.4. The van der Waals surface area contributed by atoms with Gasteiger partial charge < -0.3 is 19.7 Å². The molecular formula is C26H25ClF4N2O8S2. The number of carboxylic acids is 1. The van der Waals surface area contributed by atoms with E-state index in [9.17, 15) is 35.9 Å². The van der Waals surface area contributed by atoms with Crippen molar-refractivity contribution in [1.82, 2.24) is 4.90 Å². The van der Waals surface area contributed by atoms with Gasteiger partial charge in [0, 0.05) is 31.3 Å². The number of ether oxygens (including phenoxy) is 2. The first kappa shape index (κ1) is 34.1. The normalized spacial score (nSPS) is 14.0. The first-order chi connectivity index (χ1) is 20.2. The number of phenolic OH excluding ortho intramolecular Hbond substituents is 1. The van der Waals surface area contributed by atoms with E-state index in [1.807, 2.05) is 0 Å².